The molecule has 0 spiro atoms. The second kappa shape index (κ2) is 7.03. The molecule has 0 aliphatic heterocycles. The third-order valence-corrected chi connectivity index (χ3v) is 6.15. The van der Waals surface area contributed by atoms with Crippen LogP contribution in [0.15, 0.2) is 30.0 Å². The number of carbonyl (C=O) groups excluding carboxylic acids is 1. The highest BCUT2D eigenvalue weighted by atomic mass is 32.1. The van der Waals surface area contributed by atoms with Gasteiger partial charge in [0, 0.05) is 11.9 Å². The number of hydrogen-bond donors (Lipinski definition) is 4. The highest BCUT2D eigenvalue weighted by Crippen LogP contribution is 2.47. The van der Waals surface area contributed by atoms with E-state index >= 15 is 0 Å². The summed E-state index contributed by atoms with van der Waals surface area (Å²) in [6.45, 7) is 3.57. The predicted molar refractivity (Wildman–Crippen MR) is 113 cm³/mol. The Bertz CT molecular complexity index is 1260. The summed E-state index contributed by atoms with van der Waals surface area (Å²) in [6, 6.07) is 3.17. The van der Waals surface area contributed by atoms with E-state index in [-0.39, 0.29) is 29.6 Å². The predicted octanol–water partition coefficient (Wildman–Crippen LogP) is 2.20. The zero-order valence-corrected chi connectivity index (χ0v) is 17.4. The maximum Gasteiger partial charge on any atom is 0.233 e. The molecule has 1 aliphatic rings. The van der Waals surface area contributed by atoms with Crippen LogP contribution in [0.3, 0.4) is 0 Å². The van der Waals surface area contributed by atoms with Crippen LogP contribution in [0.25, 0.3) is 11.2 Å². The molecule has 0 fully saturated rings. The van der Waals surface area contributed by atoms with E-state index in [0.29, 0.717) is 11.2 Å². The third kappa shape index (κ3) is 3.04. The number of imidazole rings is 1. The van der Waals surface area contributed by atoms with Crippen molar-refractivity contribution < 1.29 is 15.0 Å². The molecule has 0 aromatic carbocycles. The number of fused-ring (bicyclic) bond motifs is 1. The number of carbonyl (C=O) groups is 1. The Morgan fingerprint density at radius 3 is 2.80 bits per heavy atom. The average Bonchev–Trinajstić information content (AvgIpc) is 3.39. The lowest BCUT2D eigenvalue weighted by Crippen LogP contribution is -2.37. The quantitative estimate of drug-likeness (QED) is 0.463. The number of anilines is 1. The number of aromatic nitrogens is 4. The first-order chi connectivity index (χ1) is 14.2. The van der Waals surface area contributed by atoms with Crippen LogP contribution < -0.4 is 11.1 Å². The van der Waals surface area contributed by atoms with Crippen molar-refractivity contribution in [1.82, 2.24) is 24.8 Å². The molecule has 1 amide bonds. The molecule has 0 bridgehead atoms. The number of nitrogens with one attached hydrogen (secondary N) is 1. The molecule has 9 nitrogen and oxygen atoms in total. The van der Waals surface area contributed by atoms with Gasteiger partial charge >= 0.3 is 0 Å². The number of hydrogen-bond acceptors (Lipinski definition) is 8. The minimum absolute atomic E-state index is 0.134. The lowest BCUT2D eigenvalue weighted by atomic mass is 9.86. The van der Waals surface area contributed by atoms with Crippen LogP contribution in [0.5, 0.6) is 0 Å². The summed E-state index contributed by atoms with van der Waals surface area (Å²) >= 11 is 1.56. The van der Waals surface area contributed by atoms with Gasteiger partial charge in [-0.25, -0.2) is 15.0 Å². The first kappa shape index (κ1) is 19.7. The van der Waals surface area contributed by atoms with Gasteiger partial charge in [-0.15, -0.1) is 11.3 Å². The minimum atomic E-state index is -1.27. The van der Waals surface area contributed by atoms with E-state index in [0.717, 1.165) is 9.75 Å². The van der Waals surface area contributed by atoms with E-state index in [2.05, 4.69) is 32.1 Å². The number of aryl methyl sites for hydroxylation is 1. The smallest absolute Gasteiger partial charge is 0.233 e. The summed E-state index contributed by atoms with van der Waals surface area (Å²) in [4.78, 5) is 27.2. The van der Waals surface area contributed by atoms with Gasteiger partial charge in [0.15, 0.2) is 17.2 Å². The van der Waals surface area contributed by atoms with E-state index in [1.165, 1.54) is 13.4 Å². The second-order valence-electron chi connectivity index (χ2n) is 7.28. The molecule has 10 heteroatoms. The summed E-state index contributed by atoms with van der Waals surface area (Å²) in [5.41, 5.74) is 5.50. The van der Waals surface area contributed by atoms with Crippen LogP contribution in [0, 0.1) is 24.2 Å². The van der Waals surface area contributed by atoms with Crippen LogP contribution in [0.4, 0.5) is 5.82 Å². The molecule has 3 heterocycles. The molecule has 0 saturated heterocycles. The number of nitrogens with two attached hydrogens (primary N) is 1. The van der Waals surface area contributed by atoms with E-state index in [4.69, 9.17) is 5.73 Å². The number of aliphatic hydroxyl groups is 2. The maximum atomic E-state index is 12.3. The number of thiophene rings is 1. The first-order valence-electron chi connectivity index (χ1n) is 9.18. The van der Waals surface area contributed by atoms with Gasteiger partial charge in [-0.1, -0.05) is 0 Å². The Morgan fingerprint density at radius 1 is 1.37 bits per heavy atom. The highest BCUT2D eigenvalue weighted by molar-refractivity contribution is 7.12. The highest BCUT2D eigenvalue weighted by Gasteiger charge is 2.49. The van der Waals surface area contributed by atoms with Crippen LogP contribution in [-0.2, 0) is 4.79 Å². The molecule has 3 aromatic heterocycles. The molecule has 0 radical (unpaired) electrons. The van der Waals surface area contributed by atoms with Gasteiger partial charge in [0.1, 0.15) is 16.7 Å². The Morgan fingerprint density at radius 2 is 2.13 bits per heavy atom. The van der Waals surface area contributed by atoms with E-state index < -0.39 is 17.4 Å². The molecule has 1 unspecified atom stereocenters. The van der Waals surface area contributed by atoms with Crippen molar-refractivity contribution >= 4 is 34.2 Å². The van der Waals surface area contributed by atoms with Crippen molar-refractivity contribution in [2.75, 3.05) is 12.8 Å². The fourth-order valence-electron chi connectivity index (χ4n) is 3.57. The SMILES string of the molecule is CNC(=O)C1(C)C[C@@H](n2cnc3c(N)nc(C#Cc4ccc(C)s4)nc32)C(O)=C1O. The average molecular weight is 424 g/mol. The number of aliphatic hydroxyl groups excluding tert-OH is 2. The number of nitrogen functional groups attached to an aromatic ring is 1. The standard InChI is InChI=1S/C20H20N6O3S/c1-10-4-5-11(30-10)6-7-13-24-17(21)14-18(25-13)26(9-23-14)12-8-20(2,19(29)22-3)16(28)15(12)27/h4-5,9,12,27-28H,8H2,1-3H3,(H,22,29)(H2,21,24,25)/t12-,20?/m1/s1. The lowest BCUT2D eigenvalue weighted by molar-refractivity contribution is -0.129. The largest absolute Gasteiger partial charge is 0.508 e. The lowest BCUT2D eigenvalue weighted by Gasteiger charge is -2.22. The number of rotatable bonds is 2. The molecular weight excluding hydrogens is 404 g/mol. The van der Waals surface area contributed by atoms with Crippen molar-refractivity contribution in [1.29, 1.82) is 0 Å². The van der Waals surface area contributed by atoms with Crippen LogP contribution in [0.1, 0.15) is 35.0 Å². The van der Waals surface area contributed by atoms with E-state index in [1.807, 2.05) is 19.1 Å². The van der Waals surface area contributed by atoms with Crippen LogP contribution in [-0.4, -0.2) is 42.7 Å². The van der Waals surface area contributed by atoms with Crippen molar-refractivity contribution in [2.24, 2.45) is 5.41 Å². The topological polar surface area (TPSA) is 139 Å². The molecular formula is C20H20N6O3S. The Kier molecular flexibility index (Phi) is 4.63. The Hall–Kier alpha value is -3.58. The van der Waals surface area contributed by atoms with Gasteiger partial charge < -0.3 is 25.8 Å². The van der Waals surface area contributed by atoms with Gasteiger partial charge in [0.05, 0.1) is 17.2 Å². The van der Waals surface area contributed by atoms with Gasteiger partial charge in [-0.2, -0.15) is 0 Å². The number of nitrogens with zero attached hydrogens (tertiary/aromatic N) is 4. The summed E-state index contributed by atoms with van der Waals surface area (Å²) in [6.07, 6.45) is 1.59. The van der Waals surface area contributed by atoms with E-state index in [1.54, 1.807) is 22.8 Å². The normalized spacial score (nSPS) is 21.0. The third-order valence-electron chi connectivity index (χ3n) is 5.23. The van der Waals surface area contributed by atoms with Crippen LogP contribution in [0.2, 0.25) is 0 Å². The monoisotopic (exact) mass is 424 g/mol. The summed E-state index contributed by atoms with van der Waals surface area (Å²) in [5.74, 6) is 5.22. The fraction of sp³-hybridized carbons (Fsp3) is 0.300. The Balaban J connectivity index is 1.77. The van der Waals surface area contributed by atoms with Crippen molar-refractivity contribution in [3.8, 4) is 11.8 Å². The van der Waals surface area contributed by atoms with Gasteiger partial charge in [0.2, 0.25) is 11.7 Å². The summed E-state index contributed by atoms with van der Waals surface area (Å²) in [7, 11) is 1.48. The molecule has 3 aromatic rings. The maximum absolute atomic E-state index is 12.3. The zero-order valence-electron chi connectivity index (χ0n) is 16.6. The van der Waals surface area contributed by atoms with Crippen molar-refractivity contribution in [3.05, 3.63) is 45.6 Å². The first-order valence-corrected chi connectivity index (χ1v) is 9.99. The second-order valence-corrected chi connectivity index (χ2v) is 8.57. The molecule has 2 atom stereocenters. The molecule has 0 saturated carbocycles. The van der Waals surface area contributed by atoms with E-state index in [9.17, 15) is 15.0 Å². The van der Waals surface area contributed by atoms with Gasteiger partial charge in [0.25, 0.3) is 0 Å². The van der Waals surface area contributed by atoms with Crippen molar-refractivity contribution in [3.63, 3.8) is 0 Å². The zero-order chi connectivity index (χ0) is 21.6. The van der Waals surface area contributed by atoms with Gasteiger partial charge in [-0.05, 0) is 44.2 Å². The summed E-state index contributed by atoms with van der Waals surface area (Å²) < 4.78 is 1.58. The molecule has 1 aliphatic carbocycles. The number of amides is 1. The van der Waals surface area contributed by atoms with Crippen LogP contribution >= 0.6 is 11.3 Å². The summed E-state index contributed by atoms with van der Waals surface area (Å²) in [5, 5.41) is 23.5. The number of allylic oxidation sites excluding steroid dienone is 1. The van der Waals surface area contributed by atoms with Crippen molar-refractivity contribution in [2.45, 2.75) is 26.3 Å². The Labute approximate surface area is 176 Å². The molecule has 5 N–H and O–H groups in total. The molecule has 4 rings (SSSR count). The molecule has 154 valence electrons. The fourth-order valence-corrected chi connectivity index (χ4v) is 4.29. The van der Waals surface area contributed by atoms with Gasteiger partial charge in [-0.3, -0.25) is 4.79 Å². The molecule has 30 heavy (non-hydrogen) atoms. The minimum Gasteiger partial charge on any atom is -0.508 e.